The van der Waals surface area contributed by atoms with Crippen LogP contribution < -0.4 is 15.5 Å². The second-order valence-corrected chi connectivity index (χ2v) is 5.34. The van der Waals surface area contributed by atoms with Gasteiger partial charge in [0.25, 0.3) is 0 Å². The lowest BCUT2D eigenvalue weighted by Gasteiger charge is -2.08. The fraction of sp³-hybridized carbons (Fsp3) is 0.200. The number of nitrogens with one attached hydrogen (secondary N) is 2. The monoisotopic (exact) mass is 340 g/mol. The Kier molecular flexibility index (Phi) is 5.86. The third-order valence-corrected chi connectivity index (χ3v) is 3.33. The first-order valence-corrected chi connectivity index (χ1v) is 7.36. The van der Waals surface area contributed by atoms with Crippen LogP contribution >= 0.6 is 23.2 Å². The molecule has 2 rings (SSSR count). The number of amides is 1. The van der Waals surface area contributed by atoms with E-state index in [2.05, 4.69) is 10.3 Å². The third kappa shape index (κ3) is 4.79. The minimum atomic E-state index is -0.248. The van der Waals surface area contributed by atoms with Crippen LogP contribution in [0.1, 0.15) is 12.8 Å². The highest BCUT2D eigenvalue weighted by molar-refractivity contribution is 6.35. The molecule has 0 unspecified atom stereocenters. The molecule has 1 heterocycles. The van der Waals surface area contributed by atoms with Crippen molar-refractivity contribution in [2.75, 3.05) is 11.9 Å². The lowest BCUT2D eigenvalue weighted by atomic mass is 10.3. The SMILES string of the molecule is O=C(CCCOc1ccc(Cl)cc1Cl)Nc1c[nH]ccc1=O. The smallest absolute Gasteiger partial charge is 0.224 e. The highest BCUT2D eigenvalue weighted by atomic mass is 35.5. The number of benzene rings is 1. The number of ether oxygens (including phenoxy) is 1. The predicted molar refractivity (Wildman–Crippen MR) is 86.9 cm³/mol. The third-order valence-electron chi connectivity index (χ3n) is 2.80. The van der Waals surface area contributed by atoms with Gasteiger partial charge in [-0.3, -0.25) is 9.59 Å². The molecule has 1 aromatic heterocycles. The van der Waals surface area contributed by atoms with Gasteiger partial charge in [-0.15, -0.1) is 0 Å². The van der Waals surface area contributed by atoms with Crippen LogP contribution in [0, 0.1) is 0 Å². The Morgan fingerprint density at radius 2 is 2.09 bits per heavy atom. The van der Waals surface area contributed by atoms with E-state index >= 15 is 0 Å². The largest absolute Gasteiger partial charge is 0.492 e. The van der Waals surface area contributed by atoms with E-state index in [-0.39, 0.29) is 23.4 Å². The number of H-pyrrole nitrogens is 1. The molecule has 0 fully saturated rings. The van der Waals surface area contributed by atoms with Crippen LogP contribution in [0.25, 0.3) is 0 Å². The first-order valence-electron chi connectivity index (χ1n) is 6.61. The van der Waals surface area contributed by atoms with E-state index in [0.29, 0.717) is 28.8 Å². The molecular formula is C15H14Cl2N2O3. The van der Waals surface area contributed by atoms with E-state index in [1.807, 2.05) is 0 Å². The zero-order chi connectivity index (χ0) is 15.9. The molecule has 0 radical (unpaired) electrons. The second kappa shape index (κ2) is 7.87. The van der Waals surface area contributed by atoms with Gasteiger partial charge < -0.3 is 15.0 Å². The molecule has 0 saturated carbocycles. The molecule has 22 heavy (non-hydrogen) atoms. The lowest BCUT2D eigenvalue weighted by molar-refractivity contribution is -0.116. The van der Waals surface area contributed by atoms with Crippen LogP contribution in [0.3, 0.4) is 0 Å². The zero-order valence-electron chi connectivity index (χ0n) is 11.6. The van der Waals surface area contributed by atoms with Gasteiger partial charge in [-0.05, 0) is 24.6 Å². The Morgan fingerprint density at radius 3 is 2.82 bits per heavy atom. The summed E-state index contributed by atoms with van der Waals surface area (Å²) in [4.78, 5) is 25.9. The van der Waals surface area contributed by atoms with Crippen molar-refractivity contribution in [2.24, 2.45) is 0 Å². The maximum Gasteiger partial charge on any atom is 0.224 e. The van der Waals surface area contributed by atoms with Gasteiger partial charge in [-0.1, -0.05) is 23.2 Å². The zero-order valence-corrected chi connectivity index (χ0v) is 13.1. The molecule has 116 valence electrons. The maximum absolute atomic E-state index is 11.7. The van der Waals surface area contributed by atoms with E-state index in [0.717, 1.165) is 0 Å². The number of hydrogen-bond donors (Lipinski definition) is 2. The quantitative estimate of drug-likeness (QED) is 0.790. The Labute approximate surface area is 137 Å². The molecule has 0 aliphatic rings. The lowest BCUT2D eigenvalue weighted by Crippen LogP contribution is -2.18. The summed E-state index contributed by atoms with van der Waals surface area (Å²) in [5.41, 5.74) is -0.00883. The van der Waals surface area contributed by atoms with Crippen LogP contribution in [0.15, 0.2) is 41.5 Å². The molecule has 0 aliphatic heterocycles. The minimum Gasteiger partial charge on any atom is -0.492 e. The first kappa shape index (κ1) is 16.4. The van der Waals surface area contributed by atoms with Crippen LogP contribution in [0.2, 0.25) is 10.0 Å². The summed E-state index contributed by atoms with van der Waals surface area (Å²) in [6.45, 7) is 0.333. The number of anilines is 1. The van der Waals surface area contributed by atoms with Gasteiger partial charge in [0.15, 0.2) is 0 Å². The van der Waals surface area contributed by atoms with E-state index in [1.54, 1.807) is 18.2 Å². The number of carbonyl (C=O) groups is 1. The van der Waals surface area contributed by atoms with Gasteiger partial charge in [-0.2, -0.15) is 0 Å². The molecule has 0 bridgehead atoms. The number of aromatic amines is 1. The average Bonchev–Trinajstić information content (AvgIpc) is 2.48. The van der Waals surface area contributed by atoms with Crippen molar-refractivity contribution in [2.45, 2.75) is 12.8 Å². The Bertz CT molecular complexity index is 716. The first-order chi connectivity index (χ1) is 10.6. The molecule has 2 aromatic rings. The molecular weight excluding hydrogens is 327 g/mol. The van der Waals surface area contributed by atoms with Gasteiger partial charge >= 0.3 is 0 Å². The van der Waals surface area contributed by atoms with Crippen molar-refractivity contribution in [1.29, 1.82) is 0 Å². The molecule has 5 nitrogen and oxygen atoms in total. The van der Waals surface area contributed by atoms with Crippen LogP contribution in [-0.4, -0.2) is 17.5 Å². The fourth-order valence-electron chi connectivity index (χ4n) is 1.73. The van der Waals surface area contributed by atoms with E-state index < -0.39 is 0 Å². The summed E-state index contributed by atoms with van der Waals surface area (Å²) in [6, 6.07) is 6.29. The van der Waals surface area contributed by atoms with Crippen LogP contribution in [0.5, 0.6) is 5.75 Å². The second-order valence-electron chi connectivity index (χ2n) is 4.50. The van der Waals surface area contributed by atoms with Crippen molar-refractivity contribution in [1.82, 2.24) is 4.98 Å². The average molecular weight is 341 g/mol. The number of aromatic nitrogens is 1. The minimum absolute atomic E-state index is 0.231. The van der Waals surface area contributed by atoms with E-state index in [4.69, 9.17) is 27.9 Å². The van der Waals surface area contributed by atoms with Gasteiger partial charge in [0.2, 0.25) is 11.3 Å². The van der Waals surface area contributed by atoms with E-state index in [9.17, 15) is 9.59 Å². The molecule has 0 saturated heterocycles. The van der Waals surface area contributed by atoms with Gasteiger partial charge in [0, 0.05) is 29.9 Å². The number of halogens is 2. The number of rotatable bonds is 6. The Hall–Kier alpha value is -1.98. The summed E-state index contributed by atoms with van der Waals surface area (Å²) >= 11 is 11.8. The number of hydrogen-bond acceptors (Lipinski definition) is 3. The van der Waals surface area contributed by atoms with Crippen molar-refractivity contribution >= 4 is 34.8 Å². The molecule has 0 aliphatic carbocycles. The summed E-state index contributed by atoms with van der Waals surface area (Å²) < 4.78 is 5.48. The maximum atomic E-state index is 11.7. The van der Waals surface area contributed by atoms with Gasteiger partial charge in [0.1, 0.15) is 11.4 Å². The molecule has 7 heteroatoms. The van der Waals surface area contributed by atoms with E-state index in [1.165, 1.54) is 18.5 Å². The molecule has 0 spiro atoms. The summed E-state index contributed by atoms with van der Waals surface area (Å²) in [5.74, 6) is 0.272. The van der Waals surface area contributed by atoms with Gasteiger partial charge in [-0.25, -0.2) is 0 Å². The number of carbonyl (C=O) groups excluding carboxylic acids is 1. The molecule has 1 aromatic carbocycles. The van der Waals surface area contributed by atoms with Crippen molar-refractivity contribution in [3.8, 4) is 5.75 Å². The topological polar surface area (TPSA) is 71.2 Å². The summed E-state index contributed by atoms with van der Waals surface area (Å²) in [5, 5.41) is 3.50. The normalized spacial score (nSPS) is 10.3. The molecule has 1 amide bonds. The van der Waals surface area contributed by atoms with Crippen molar-refractivity contribution in [3.63, 3.8) is 0 Å². The highest BCUT2D eigenvalue weighted by Crippen LogP contribution is 2.27. The summed E-state index contributed by atoms with van der Waals surface area (Å²) in [6.07, 6.45) is 3.68. The standard InChI is InChI=1S/C15H14Cl2N2O3/c16-10-3-4-14(11(17)8-10)22-7-1-2-15(21)19-12-9-18-6-5-13(12)20/h3-6,8-9H,1-2,7H2,(H,18,20)(H,19,21). The molecule has 2 N–H and O–H groups in total. The fourth-order valence-corrected chi connectivity index (χ4v) is 2.20. The highest BCUT2D eigenvalue weighted by Gasteiger charge is 2.06. The predicted octanol–water partition coefficient (Wildman–Crippen LogP) is 3.48. The summed E-state index contributed by atoms with van der Waals surface area (Å²) in [7, 11) is 0. The Balaban J connectivity index is 1.76. The number of pyridine rings is 1. The molecule has 0 atom stereocenters. The van der Waals surface area contributed by atoms with Crippen LogP contribution in [-0.2, 0) is 4.79 Å². The Morgan fingerprint density at radius 1 is 1.27 bits per heavy atom. The van der Waals surface area contributed by atoms with Gasteiger partial charge in [0.05, 0.1) is 11.6 Å². The van der Waals surface area contributed by atoms with Crippen molar-refractivity contribution < 1.29 is 9.53 Å². The van der Waals surface area contributed by atoms with Crippen molar-refractivity contribution in [3.05, 3.63) is 56.9 Å². The van der Waals surface area contributed by atoms with Crippen LogP contribution in [0.4, 0.5) is 5.69 Å².